The van der Waals surface area contributed by atoms with E-state index in [9.17, 15) is 5.11 Å². The fourth-order valence-corrected chi connectivity index (χ4v) is 2.68. The fraction of sp³-hybridized carbons (Fsp3) is 0.400. The molecule has 0 aliphatic rings. The molecule has 0 aliphatic carbocycles. The second kappa shape index (κ2) is 10.7. The highest BCUT2D eigenvalue weighted by Crippen LogP contribution is 2.28. The maximum Gasteiger partial charge on any atom is 0.161 e. The number of hydrogen-bond donors (Lipinski definition) is 1. The van der Waals surface area contributed by atoms with Crippen molar-refractivity contribution in [1.82, 2.24) is 4.90 Å². The van der Waals surface area contributed by atoms with Crippen LogP contribution in [0.2, 0.25) is 0 Å². The van der Waals surface area contributed by atoms with Gasteiger partial charge in [-0.15, -0.1) is 6.58 Å². The predicted molar refractivity (Wildman–Crippen MR) is 99.4 cm³/mol. The quantitative estimate of drug-likeness (QED) is 0.463. The summed E-state index contributed by atoms with van der Waals surface area (Å²) in [6.07, 6.45) is 2.70. The molecule has 1 N–H and O–H groups in total. The van der Waals surface area contributed by atoms with Crippen LogP contribution in [0.3, 0.4) is 0 Å². The van der Waals surface area contributed by atoms with Crippen molar-refractivity contribution in [3.05, 3.63) is 60.6 Å². The van der Waals surface area contributed by atoms with Gasteiger partial charge >= 0.3 is 0 Å². The Balaban J connectivity index is 2.06. The Kier molecular flexibility index (Phi) is 8.21. The number of benzene rings is 1. The van der Waals surface area contributed by atoms with Crippen LogP contribution in [0.1, 0.15) is 11.3 Å². The first-order chi connectivity index (χ1) is 12.7. The summed E-state index contributed by atoms with van der Waals surface area (Å²) in [4.78, 5) is 2.10. The number of ether oxygens (including phenoxy) is 3. The molecule has 0 aliphatic heterocycles. The van der Waals surface area contributed by atoms with Crippen molar-refractivity contribution in [2.45, 2.75) is 19.2 Å². The molecule has 0 amide bonds. The van der Waals surface area contributed by atoms with E-state index < -0.39 is 6.10 Å². The summed E-state index contributed by atoms with van der Waals surface area (Å²) in [5.74, 6) is 2.20. The third kappa shape index (κ3) is 6.22. The van der Waals surface area contributed by atoms with Crippen molar-refractivity contribution >= 4 is 0 Å². The van der Waals surface area contributed by atoms with Crippen LogP contribution in [0.25, 0.3) is 0 Å². The average Bonchev–Trinajstić information content (AvgIpc) is 3.14. The summed E-state index contributed by atoms with van der Waals surface area (Å²) in [6, 6.07) is 9.57. The molecule has 0 spiro atoms. The summed E-state index contributed by atoms with van der Waals surface area (Å²) >= 11 is 0. The molecule has 0 fully saturated rings. The number of aliphatic hydroxyl groups is 1. The number of aliphatic hydroxyl groups excluding tert-OH is 1. The lowest BCUT2D eigenvalue weighted by Gasteiger charge is -2.24. The van der Waals surface area contributed by atoms with Crippen LogP contribution in [0.15, 0.2) is 53.7 Å². The first-order valence-electron chi connectivity index (χ1n) is 8.48. The van der Waals surface area contributed by atoms with Gasteiger partial charge in [-0.3, -0.25) is 4.90 Å². The number of nitrogens with zero attached hydrogens (tertiary/aromatic N) is 1. The van der Waals surface area contributed by atoms with Gasteiger partial charge in [0.25, 0.3) is 0 Å². The second-order valence-electron chi connectivity index (χ2n) is 5.92. The summed E-state index contributed by atoms with van der Waals surface area (Å²) in [6.45, 7) is 5.94. The highest BCUT2D eigenvalue weighted by Gasteiger charge is 2.15. The van der Waals surface area contributed by atoms with E-state index in [0.717, 1.165) is 11.3 Å². The molecule has 2 rings (SSSR count). The van der Waals surface area contributed by atoms with Crippen molar-refractivity contribution in [3.8, 4) is 11.5 Å². The maximum atomic E-state index is 10.3. The molecular weight excluding hydrogens is 334 g/mol. The fourth-order valence-electron chi connectivity index (χ4n) is 2.68. The summed E-state index contributed by atoms with van der Waals surface area (Å²) in [5, 5.41) is 10.3. The normalized spacial score (nSPS) is 12.2. The maximum absolute atomic E-state index is 10.3. The van der Waals surface area contributed by atoms with Crippen molar-refractivity contribution in [3.63, 3.8) is 0 Å². The standard InChI is InChI=1S/C20H27NO5/c1-4-9-25-15-17(22)13-21(14-18-6-5-10-26-18)12-16-7-8-19(23-2)20(11-16)24-3/h4-8,10-11,17,22H,1,9,12-15H2,2-3H3/t17-/m0/s1. The van der Waals surface area contributed by atoms with Gasteiger partial charge in [0.05, 0.1) is 46.3 Å². The van der Waals surface area contributed by atoms with Crippen LogP contribution >= 0.6 is 0 Å². The van der Waals surface area contributed by atoms with Crippen LogP contribution in [0.4, 0.5) is 0 Å². The molecule has 6 nitrogen and oxygen atoms in total. The topological polar surface area (TPSA) is 64.3 Å². The number of furan rings is 1. The molecule has 1 heterocycles. The largest absolute Gasteiger partial charge is 0.493 e. The molecule has 26 heavy (non-hydrogen) atoms. The van der Waals surface area contributed by atoms with Gasteiger partial charge in [0.15, 0.2) is 11.5 Å². The van der Waals surface area contributed by atoms with Gasteiger partial charge in [0.2, 0.25) is 0 Å². The van der Waals surface area contributed by atoms with E-state index in [1.165, 1.54) is 0 Å². The Morgan fingerprint density at radius 1 is 1.19 bits per heavy atom. The van der Waals surface area contributed by atoms with Gasteiger partial charge in [-0.05, 0) is 29.8 Å². The Bertz CT molecular complexity index is 656. The molecule has 6 heteroatoms. The van der Waals surface area contributed by atoms with Crippen LogP contribution < -0.4 is 9.47 Å². The van der Waals surface area contributed by atoms with Gasteiger partial charge < -0.3 is 23.7 Å². The van der Waals surface area contributed by atoms with Crippen molar-refractivity contribution in [2.75, 3.05) is 34.0 Å². The van der Waals surface area contributed by atoms with Crippen LogP contribution in [-0.2, 0) is 17.8 Å². The zero-order valence-electron chi connectivity index (χ0n) is 15.4. The Morgan fingerprint density at radius 2 is 2.00 bits per heavy atom. The second-order valence-corrected chi connectivity index (χ2v) is 5.92. The van der Waals surface area contributed by atoms with Gasteiger partial charge in [0, 0.05) is 13.1 Å². The van der Waals surface area contributed by atoms with E-state index in [1.807, 2.05) is 30.3 Å². The van der Waals surface area contributed by atoms with E-state index in [1.54, 1.807) is 26.6 Å². The summed E-state index contributed by atoms with van der Waals surface area (Å²) in [5.41, 5.74) is 1.05. The van der Waals surface area contributed by atoms with E-state index in [0.29, 0.717) is 37.7 Å². The van der Waals surface area contributed by atoms with Crippen LogP contribution in [-0.4, -0.2) is 50.1 Å². The molecule has 1 aromatic carbocycles. The average molecular weight is 361 g/mol. The van der Waals surface area contributed by atoms with Crippen molar-refractivity contribution < 1.29 is 23.7 Å². The van der Waals surface area contributed by atoms with Crippen molar-refractivity contribution in [1.29, 1.82) is 0 Å². The highest BCUT2D eigenvalue weighted by atomic mass is 16.5. The third-order valence-electron chi connectivity index (χ3n) is 3.83. The molecule has 142 valence electrons. The molecule has 1 atom stereocenters. The monoisotopic (exact) mass is 361 g/mol. The lowest BCUT2D eigenvalue weighted by atomic mass is 10.1. The molecule has 0 saturated carbocycles. The first kappa shape index (κ1) is 20.0. The Morgan fingerprint density at radius 3 is 2.65 bits per heavy atom. The number of methoxy groups -OCH3 is 2. The number of rotatable bonds is 12. The molecular formula is C20H27NO5. The zero-order valence-corrected chi connectivity index (χ0v) is 15.4. The minimum atomic E-state index is -0.606. The van der Waals surface area contributed by atoms with E-state index >= 15 is 0 Å². The molecule has 0 radical (unpaired) electrons. The summed E-state index contributed by atoms with van der Waals surface area (Å²) < 4.78 is 21.4. The molecule has 0 bridgehead atoms. The van der Waals surface area contributed by atoms with Gasteiger partial charge in [-0.1, -0.05) is 12.1 Å². The lowest BCUT2D eigenvalue weighted by Crippen LogP contribution is -2.34. The lowest BCUT2D eigenvalue weighted by molar-refractivity contribution is 0.0215. The summed E-state index contributed by atoms with van der Waals surface area (Å²) in [7, 11) is 3.23. The molecule has 1 aromatic heterocycles. The smallest absolute Gasteiger partial charge is 0.161 e. The molecule has 0 saturated heterocycles. The zero-order chi connectivity index (χ0) is 18.8. The number of hydrogen-bond acceptors (Lipinski definition) is 6. The van der Waals surface area contributed by atoms with Crippen molar-refractivity contribution in [2.24, 2.45) is 0 Å². The van der Waals surface area contributed by atoms with E-state index in [4.69, 9.17) is 18.6 Å². The Hall–Kier alpha value is -2.28. The Labute approximate surface area is 154 Å². The minimum Gasteiger partial charge on any atom is -0.493 e. The van der Waals surface area contributed by atoms with E-state index in [2.05, 4.69) is 11.5 Å². The molecule has 2 aromatic rings. The SMILES string of the molecule is C=CCOC[C@@H](O)CN(Cc1ccc(OC)c(OC)c1)Cc1ccco1. The van der Waals surface area contributed by atoms with E-state index in [-0.39, 0.29) is 6.61 Å². The van der Waals surface area contributed by atoms with Crippen LogP contribution in [0, 0.1) is 0 Å². The highest BCUT2D eigenvalue weighted by molar-refractivity contribution is 5.42. The van der Waals surface area contributed by atoms with Crippen LogP contribution in [0.5, 0.6) is 11.5 Å². The first-order valence-corrected chi connectivity index (χ1v) is 8.48. The van der Waals surface area contributed by atoms with Gasteiger partial charge in [0.1, 0.15) is 5.76 Å². The van der Waals surface area contributed by atoms with Gasteiger partial charge in [-0.25, -0.2) is 0 Å². The molecule has 0 unspecified atom stereocenters. The minimum absolute atomic E-state index is 0.257. The predicted octanol–water partition coefficient (Wildman–Crippen LogP) is 2.86. The third-order valence-corrected chi connectivity index (χ3v) is 3.83. The van der Waals surface area contributed by atoms with Gasteiger partial charge in [-0.2, -0.15) is 0 Å².